The molecule has 1 nitrogen and oxygen atoms in total. The molecule has 0 radical (unpaired) electrons. The van der Waals surface area contributed by atoms with E-state index in [9.17, 15) is 0 Å². The molecule has 0 unspecified atom stereocenters. The van der Waals surface area contributed by atoms with Gasteiger partial charge in [0.2, 0.25) is 0 Å². The standard InChI is InChI=1S/C7H13NS2/c8-5-1-2-6-7(5)10-4-3-9-6/h5-7H,1-4,8H2/t5-,6-,7+/m1/s1. The minimum Gasteiger partial charge on any atom is -0.327 e. The summed E-state index contributed by atoms with van der Waals surface area (Å²) in [5, 5.41) is 1.69. The first-order valence-electron chi connectivity index (χ1n) is 3.87. The average Bonchev–Trinajstić information content (AvgIpc) is 2.34. The first kappa shape index (κ1) is 7.32. The molecule has 0 aromatic rings. The third-order valence-electron chi connectivity index (χ3n) is 2.30. The number of rotatable bonds is 0. The molecule has 0 aromatic carbocycles. The molecule has 10 heavy (non-hydrogen) atoms. The smallest absolute Gasteiger partial charge is 0.0318 e. The number of nitrogens with two attached hydrogens (primary N) is 1. The number of hydrogen-bond acceptors (Lipinski definition) is 3. The van der Waals surface area contributed by atoms with Crippen molar-refractivity contribution in [1.29, 1.82) is 0 Å². The van der Waals surface area contributed by atoms with E-state index in [1.807, 2.05) is 0 Å². The van der Waals surface area contributed by atoms with E-state index in [-0.39, 0.29) is 0 Å². The highest BCUT2D eigenvalue weighted by Gasteiger charge is 2.36. The summed E-state index contributed by atoms with van der Waals surface area (Å²) in [4.78, 5) is 0. The van der Waals surface area contributed by atoms with Gasteiger partial charge in [0.15, 0.2) is 0 Å². The van der Waals surface area contributed by atoms with Crippen molar-refractivity contribution in [3.8, 4) is 0 Å². The van der Waals surface area contributed by atoms with Gasteiger partial charge in [0.05, 0.1) is 0 Å². The normalized spacial score (nSPS) is 47.1. The van der Waals surface area contributed by atoms with Crippen LogP contribution in [0, 0.1) is 0 Å². The van der Waals surface area contributed by atoms with Gasteiger partial charge in [-0.1, -0.05) is 0 Å². The van der Waals surface area contributed by atoms with Crippen LogP contribution in [0.3, 0.4) is 0 Å². The Morgan fingerprint density at radius 2 is 1.90 bits per heavy atom. The zero-order valence-corrected chi connectivity index (χ0v) is 7.59. The largest absolute Gasteiger partial charge is 0.327 e. The van der Waals surface area contributed by atoms with E-state index in [0.29, 0.717) is 6.04 Å². The molecule has 1 aliphatic heterocycles. The Kier molecular flexibility index (Phi) is 2.16. The molecule has 1 aliphatic carbocycles. The Hall–Kier alpha value is 0.660. The second-order valence-corrected chi connectivity index (χ2v) is 5.62. The molecule has 0 bridgehead atoms. The van der Waals surface area contributed by atoms with Crippen LogP contribution in [0.5, 0.6) is 0 Å². The highest BCUT2D eigenvalue weighted by molar-refractivity contribution is 8.07. The first-order chi connectivity index (χ1) is 4.88. The Morgan fingerprint density at radius 1 is 1.10 bits per heavy atom. The second-order valence-electron chi connectivity index (χ2n) is 2.99. The molecule has 0 amide bonds. The lowest BCUT2D eigenvalue weighted by Crippen LogP contribution is -2.34. The van der Waals surface area contributed by atoms with E-state index in [0.717, 1.165) is 10.5 Å². The van der Waals surface area contributed by atoms with Crippen LogP contribution < -0.4 is 5.73 Å². The fourth-order valence-electron chi connectivity index (χ4n) is 1.75. The zero-order chi connectivity index (χ0) is 6.97. The molecule has 2 N–H and O–H groups in total. The van der Waals surface area contributed by atoms with Crippen LogP contribution in [0.4, 0.5) is 0 Å². The van der Waals surface area contributed by atoms with Crippen LogP contribution in [-0.4, -0.2) is 28.0 Å². The Morgan fingerprint density at radius 3 is 2.70 bits per heavy atom. The average molecular weight is 175 g/mol. The molecule has 1 saturated carbocycles. The zero-order valence-electron chi connectivity index (χ0n) is 5.95. The topological polar surface area (TPSA) is 26.0 Å². The molecule has 1 heterocycles. The Labute approximate surface area is 70.5 Å². The van der Waals surface area contributed by atoms with Crippen LogP contribution in [0.15, 0.2) is 0 Å². The minimum absolute atomic E-state index is 0.503. The Balaban J connectivity index is 2.01. The molecule has 0 spiro atoms. The first-order valence-corrected chi connectivity index (χ1v) is 5.96. The van der Waals surface area contributed by atoms with Crippen molar-refractivity contribution < 1.29 is 0 Å². The Bertz CT molecular complexity index is 127. The van der Waals surface area contributed by atoms with Gasteiger partial charge in [-0.25, -0.2) is 0 Å². The van der Waals surface area contributed by atoms with E-state index in [2.05, 4.69) is 23.5 Å². The molecule has 58 valence electrons. The van der Waals surface area contributed by atoms with Gasteiger partial charge in [0, 0.05) is 28.0 Å². The van der Waals surface area contributed by atoms with E-state index in [1.165, 1.54) is 24.3 Å². The van der Waals surface area contributed by atoms with Crippen molar-refractivity contribution in [2.24, 2.45) is 5.73 Å². The van der Waals surface area contributed by atoms with Crippen molar-refractivity contribution in [3.63, 3.8) is 0 Å². The van der Waals surface area contributed by atoms with Crippen LogP contribution in [0.1, 0.15) is 12.8 Å². The summed E-state index contributed by atoms with van der Waals surface area (Å²) in [6, 6.07) is 0.503. The summed E-state index contributed by atoms with van der Waals surface area (Å²) < 4.78 is 0. The number of fused-ring (bicyclic) bond motifs is 1. The van der Waals surface area contributed by atoms with Crippen molar-refractivity contribution >= 4 is 23.5 Å². The molecular weight excluding hydrogens is 162 g/mol. The van der Waals surface area contributed by atoms with Crippen molar-refractivity contribution in [2.75, 3.05) is 11.5 Å². The monoisotopic (exact) mass is 175 g/mol. The lowest BCUT2D eigenvalue weighted by molar-refractivity contribution is 0.716. The van der Waals surface area contributed by atoms with Gasteiger partial charge in [0.1, 0.15) is 0 Å². The maximum atomic E-state index is 5.96. The quantitative estimate of drug-likeness (QED) is 0.601. The van der Waals surface area contributed by atoms with Gasteiger partial charge >= 0.3 is 0 Å². The van der Waals surface area contributed by atoms with E-state index >= 15 is 0 Å². The van der Waals surface area contributed by atoms with Crippen LogP contribution in [-0.2, 0) is 0 Å². The summed E-state index contributed by atoms with van der Waals surface area (Å²) in [5.74, 6) is 2.66. The third-order valence-corrected chi connectivity index (χ3v) is 5.63. The summed E-state index contributed by atoms with van der Waals surface area (Å²) in [7, 11) is 0. The molecular formula is C7H13NS2. The van der Waals surface area contributed by atoms with E-state index in [1.54, 1.807) is 0 Å². The molecule has 3 heteroatoms. The van der Waals surface area contributed by atoms with Gasteiger partial charge in [0.25, 0.3) is 0 Å². The van der Waals surface area contributed by atoms with Crippen LogP contribution in [0.25, 0.3) is 0 Å². The van der Waals surface area contributed by atoms with Crippen molar-refractivity contribution in [1.82, 2.24) is 0 Å². The number of hydrogen-bond donors (Lipinski definition) is 1. The summed E-state index contributed by atoms with van der Waals surface area (Å²) in [6.07, 6.45) is 2.62. The van der Waals surface area contributed by atoms with Gasteiger partial charge in [-0.3, -0.25) is 0 Å². The predicted octanol–water partition coefficient (Wildman–Crippen LogP) is 1.32. The summed E-state index contributed by atoms with van der Waals surface area (Å²) in [6.45, 7) is 0. The second kappa shape index (κ2) is 2.95. The summed E-state index contributed by atoms with van der Waals surface area (Å²) in [5.41, 5.74) is 5.96. The maximum absolute atomic E-state index is 5.96. The maximum Gasteiger partial charge on any atom is 0.0318 e. The molecule has 2 aliphatic rings. The fourth-order valence-corrected chi connectivity index (χ4v) is 5.00. The predicted molar refractivity (Wildman–Crippen MR) is 49.7 cm³/mol. The van der Waals surface area contributed by atoms with Crippen LogP contribution >= 0.6 is 23.5 Å². The molecule has 0 aromatic heterocycles. The third kappa shape index (κ3) is 1.19. The van der Waals surface area contributed by atoms with Crippen molar-refractivity contribution in [3.05, 3.63) is 0 Å². The van der Waals surface area contributed by atoms with Gasteiger partial charge in [-0.05, 0) is 12.8 Å². The van der Waals surface area contributed by atoms with Crippen LogP contribution in [0.2, 0.25) is 0 Å². The molecule has 1 saturated heterocycles. The van der Waals surface area contributed by atoms with E-state index < -0.39 is 0 Å². The molecule has 2 rings (SSSR count). The van der Waals surface area contributed by atoms with Crippen molar-refractivity contribution in [2.45, 2.75) is 29.4 Å². The van der Waals surface area contributed by atoms with Gasteiger partial charge in [-0.2, -0.15) is 23.5 Å². The summed E-state index contributed by atoms with van der Waals surface area (Å²) >= 11 is 4.23. The fraction of sp³-hybridized carbons (Fsp3) is 1.00. The van der Waals surface area contributed by atoms with Gasteiger partial charge in [-0.15, -0.1) is 0 Å². The molecule has 3 atom stereocenters. The molecule has 2 fully saturated rings. The number of thioether (sulfide) groups is 2. The van der Waals surface area contributed by atoms with E-state index in [4.69, 9.17) is 5.73 Å². The highest BCUT2D eigenvalue weighted by Crippen LogP contribution is 2.40. The SMILES string of the molecule is N[C@@H]1CC[C@H]2SCCS[C@@H]12. The lowest BCUT2D eigenvalue weighted by Gasteiger charge is -2.26. The highest BCUT2D eigenvalue weighted by atomic mass is 32.2. The minimum atomic E-state index is 0.503. The van der Waals surface area contributed by atoms with Gasteiger partial charge < -0.3 is 5.73 Å². The lowest BCUT2D eigenvalue weighted by atomic mass is 10.3.